The number of aromatic nitrogens is 2. The number of benzene rings is 2. The number of nitrogens with one attached hydrogen (secondary N) is 1. The fraction of sp³-hybridized carbons (Fsp3) is 0.192. The van der Waals surface area contributed by atoms with Crippen LogP contribution in [0.1, 0.15) is 38.6 Å². The van der Waals surface area contributed by atoms with E-state index in [4.69, 9.17) is 4.98 Å². The van der Waals surface area contributed by atoms with Gasteiger partial charge in [0, 0.05) is 18.0 Å². The number of fused-ring (bicyclic) bond motifs is 1. The van der Waals surface area contributed by atoms with E-state index < -0.39 is 0 Å². The topological polar surface area (TPSA) is 61.6 Å². The Hall–Kier alpha value is -3.71. The van der Waals surface area contributed by atoms with Gasteiger partial charge in [0.25, 0.3) is 0 Å². The minimum atomic E-state index is 0.602. The average molecular weight is 397 g/mol. The molecule has 0 aliphatic carbocycles. The zero-order valence-electron chi connectivity index (χ0n) is 18.1. The lowest BCUT2D eigenvalue weighted by atomic mass is 9.99. The number of anilines is 1. The van der Waals surface area contributed by atoms with Gasteiger partial charge in [-0.1, -0.05) is 75.4 Å². The quantitative estimate of drug-likeness (QED) is 0.483. The van der Waals surface area contributed by atoms with Crippen molar-refractivity contribution in [2.75, 3.05) is 12.4 Å². The highest BCUT2D eigenvalue weighted by Crippen LogP contribution is 2.29. The molecule has 4 nitrogen and oxygen atoms in total. The molecular formula is C26H28N4. The summed E-state index contributed by atoms with van der Waals surface area (Å²) in [5, 5.41) is 13.5. The van der Waals surface area contributed by atoms with Gasteiger partial charge in [-0.3, -0.25) is 0 Å². The molecule has 0 fully saturated rings. The molecule has 0 amide bonds. The summed E-state index contributed by atoms with van der Waals surface area (Å²) in [6.45, 7) is 10.1. The van der Waals surface area contributed by atoms with Crippen molar-refractivity contribution >= 4 is 22.3 Å². The average Bonchev–Trinajstić information content (AvgIpc) is 2.79. The van der Waals surface area contributed by atoms with Gasteiger partial charge in [0.05, 0.1) is 17.1 Å². The maximum Gasteiger partial charge on any atom is 0.162 e. The number of hydrogen-bond acceptors (Lipinski definition) is 4. The molecule has 0 spiro atoms. The molecule has 2 aromatic carbocycles. The number of rotatable bonds is 5. The normalized spacial score (nSPS) is 11.0. The standard InChI is InChI=1S/C23H20N4.C3H8/c1-4-6-9-16(5-2)22-26-21-14-17(12-13-20(21)23(25-3)27-22)19-11-8-7-10-18(19)15-24;1-3-2/h4-14H,2H2,1,3H3,(H,25,26,27);3H2,1-2H3/b6-4-,16-9+;. The second kappa shape index (κ2) is 11.3. The number of nitriles is 1. The van der Waals surface area contributed by atoms with Gasteiger partial charge in [0.15, 0.2) is 5.82 Å². The van der Waals surface area contributed by atoms with Gasteiger partial charge in [0.1, 0.15) is 5.82 Å². The van der Waals surface area contributed by atoms with Crippen molar-refractivity contribution < 1.29 is 0 Å². The van der Waals surface area contributed by atoms with Crippen LogP contribution >= 0.6 is 0 Å². The van der Waals surface area contributed by atoms with Gasteiger partial charge in [-0.25, -0.2) is 9.97 Å². The molecule has 0 bridgehead atoms. The fourth-order valence-electron chi connectivity index (χ4n) is 2.88. The van der Waals surface area contributed by atoms with Crippen molar-refractivity contribution in [1.29, 1.82) is 5.26 Å². The molecule has 0 atom stereocenters. The highest BCUT2D eigenvalue weighted by atomic mass is 15.0. The predicted molar refractivity (Wildman–Crippen MR) is 128 cm³/mol. The molecule has 30 heavy (non-hydrogen) atoms. The summed E-state index contributed by atoms with van der Waals surface area (Å²) >= 11 is 0. The van der Waals surface area contributed by atoms with E-state index in [0.717, 1.165) is 33.4 Å². The lowest BCUT2D eigenvalue weighted by Gasteiger charge is -2.11. The maximum absolute atomic E-state index is 9.40. The minimum Gasteiger partial charge on any atom is -0.373 e. The Kier molecular flexibility index (Phi) is 8.53. The number of hydrogen-bond donors (Lipinski definition) is 1. The van der Waals surface area contributed by atoms with Gasteiger partial charge < -0.3 is 5.32 Å². The van der Waals surface area contributed by atoms with Crippen molar-refractivity contribution in [3.05, 3.63) is 84.7 Å². The van der Waals surface area contributed by atoms with Gasteiger partial charge >= 0.3 is 0 Å². The van der Waals surface area contributed by atoms with Crippen molar-refractivity contribution in [3.8, 4) is 17.2 Å². The number of nitrogens with zero attached hydrogens (tertiary/aromatic N) is 3. The molecule has 0 radical (unpaired) electrons. The molecule has 1 heterocycles. The Morgan fingerprint density at radius 3 is 2.53 bits per heavy atom. The van der Waals surface area contributed by atoms with Gasteiger partial charge in [-0.05, 0) is 36.2 Å². The molecule has 0 aliphatic heterocycles. The first-order valence-electron chi connectivity index (χ1n) is 10.1. The lowest BCUT2D eigenvalue weighted by molar-refractivity contribution is 1.09. The number of allylic oxidation sites excluding steroid dienone is 5. The Bertz CT molecular complexity index is 1120. The summed E-state index contributed by atoms with van der Waals surface area (Å²) in [7, 11) is 1.84. The largest absolute Gasteiger partial charge is 0.373 e. The first-order chi connectivity index (χ1) is 14.6. The molecule has 1 aromatic heterocycles. The second-order valence-corrected chi connectivity index (χ2v) is 6.59. The minimum absolute atomic E-state index is 0.602. The van der Waals surface area contributed by atoms with Crippen LogP contribution in [0.5, 0.6) is 0 Å². The summed E-state index contributed by atoms with van der Waals surface area (Å²) in [5.74, 6) is 1.36. The van der Waals surface area contributed by atoms with E-state index >= 15 is 0 Å². The highest BCUT2D eigenvalue weighted by Gasteiger charge is 2.11. The van der Waals surface area contributed by atoms with Crippen molar-refractivity contribution in [1.82, 2.24) is 9.97 Å². The van der Waals surface area contributed by atoms with Crippen LogP contribution in [0.2, 0.25) is 0 Å². The second-order valence-electron chi connectivity index (χ2n) is 6.59. The van der Waals surface area contributed by atoms with Crippen molar-refractivity contribution in [2.24, 2.45) is 0 Å². The Morgan fingerprint density at radius 1 is 1.17 bits per heavy atom. The van der Waals surface area contributed by atoms with Gasteiger partial charge in [-0.15, -0.1) is 0 Å². The summed E-state index contributed by atoms with van der Waals surface area (Å²) in [5.41, 5.74) is 4.13. The predicted octanol–water partition coefficient (Wildman–Crippen LogP) is 6.77. The molecule has 4 heteroatoms. The van der Waals surface area contributed by atoms with Crippen molar-refractivity contribution in [2.45, 2.75) is 27.2 Å². The third-order valence-corrected chi connectivity index (χ3v) is 4.24. The molecule has 0 aliphatic rings. The lowest BCUT2D eigenvalue weighted by Crippen LogP contribution is -2.01. The monoisotopic (exact) mass is 396 g/mol. The summed E-state index contributed by atoms with van der Waals surface area (Å²) in [4.78, 5) is 9.37. The SMILES string of the molecule is C=C/C(=C\C=C/C)c1nc(NC)c2ccc(-c3ccccc3C#N)cc2n1.CCC. The van der Waals surface area contributed by atoms with Gasteiger partial charge in [-0.2, -0.15) is 5.26 Å². The molecule has 0 saturated heterocycles. The first kappa shape index (κ1) is 22.6. The van der Waals surface area contributed by atoms with Crippen LogP contribution < -0.4 is 5.32 Å². The van der Waals surface area contributed by atoms with Crippen LogP contribution in [0.15, 0.2) is 73.3 Å². The summed E-state index contributed by atoms with van der Waals surface area (Å²) in [6, 6.07) is 15.8. The molecule has 1 N–H and O–H groups in total. The van der Waals surface area contributed by atoms with E-state index in [0.29, 0.717) is 11.4 Å². The van der Waals surface area contributed by atoms with E-state index in [-0.39, 0.29) is 0 Å². The van der Waals surface area contributed by atoms with E-state index in [1.54, 1.807) is 6.08 Å². The fourth-order valence-corrected chi connectivity index (χ4v) is 2.88. The molecule has 3 aromatic rings. The highest BCUT2D eigenvalue weighted by molar-refractivity contribution is 5.94. The Morgan fingerprint density at radius 2 is 1.90 bits per heavy atom. The van der Waals surface area contributed by atoms with Crippen LogP contribution in [-0.4, -0.2) is 17.0 Å². The summed E-state index contributed by atoms with van der Waals surface area (Å²) < 4.78 is 0. The molecule has 0 unspecified atom stereocenters. The zero-order valence-corrected chi connectivity index (χ0v) is 18.1. The van der Waals surface area contributed by atoms with E-state index in [1.807, 2.05) is 74.7 Å². The van der Waals surface area contributed by atoms with Crippen LogP contribution in [0.25, 0.3) is 27.6 Å². The van der Waals surface area contributed by atoms with Crippen LogP contribution in [-0.2, 0) is 0 Å². The van der Waals surface area contributed by atoms with E-state index in [2.05, 4.69) is 36.8 Å². The Labute approximate surface area is 179 Å². The van der Waals surface area contributed by atoms with E-state index in [1.165, 1.54) is 6.42 Å². The van der Waals surface area contributed by atoms with Gasteiger partial charge in [0.2, 0.25) is 0 Å². The third-order valence-electron chi connectivity index (χ3n) is 4.24. The third kappa shape index (κ3) is 5.21. The molecule has 152 valence electrons. The zero-order chi connectivity index (χ0) is 21.9. The van der Waals surface area contributed by atoms with E-state index in [9.17, 15) is 5.26 Å². The molecular weight excluding hydrogens is 368 g/mol. The van der Waals surface area contributed by atoms with Crippen LogP contribution in [0.4, 0.5) is 5.82 Å². The smallest absolute Gasteiger partial charge is 0.162 e. The molecule has 3 rings (SSSR count). The van der Waals surface area contributed by atoms with Crippen LogP contribution in [0.3, 0.4) is 0 Å². The summed E-state index contributed by atoms with van der Waals surface area (Å²) in [6.07, 6.45) is 8.81. The van der Waals surface area contributed by atoms with Crippen LogP contribution in [0, 0.1) is 11.3 Å². The maximum atomic E-state index is 9.40. The Balaban J connectivity index is 0.00000101. The molecule has 0 saturated carbocycles. The first-order valence-corrected chi connectivity index (χ1v) is 10.1. The van der Waals surface area contributed by atoms with Crippen molar-refractivity contribution in [3.63, 3.8) is 0 Å².